The van der Waals surface area contributed by atoms with E-state index < -0.39 is 11.4 Å². The predicted octanol–water partition coefficient (Wildman–Crippen LogP) is 3.04. The summed E-state index contributed by atoms with van der Waals surface area (Å²) in [6, 6.07) is 1.82. The van der Waals surface area contributed by atoms with Crippen molar-refractivity contribution in [3.05, 3.63) is 33.2 Å². The van der Waals surface area contributed by atoms with Gasteiger partial charge in [0.2, 0.25) is 5.91 Å². The largest absolute Gasteiger partial charge is 0.379 e. The van der Waals surface area contributed by atoms with Crippen LogP contribution in [-0.2, 0) is 28.9 Å². The summed E-state index contributed by atoms with van der Waals surface area (Å²) < 4.78 is 7.30. The molecule has 0 bridgehead atoms. The number of carbonyl (C=O) groups excluding carboxylic acids is 2. The lowest BCUT2D eigenvalue weighted by Crippen LogP contribution is -2.56. The molecule has 1 saturated carbocycles. The number of carbonyl (C=O) groups is 2. The molecule has 0 unspecified atom stereocenters. The maximum absolute atomic E-state index is 13.7. The second kappa shape index (κ2) is 13.1. The van der Waals surface area contributed by atoms with Crippen LogP contribution in [0.15, 0.2) is 10.9 Å². The Morgan fingerprint density at radius 3 is 2.41 bits per heavy atom. The molecule has 8 nitrogen and oxygen atoms in total. The summed E-state index contributed by atoms with van der Waals surface area (Å²) in [5, 5.41) is 5.82. The molecule has 37 heavy (non-hydrogen) atoms. The average Bonchev–Trinajstić information content (AvgIpc) is 2.87. The van der Waals surface area contributed by atoms with Crippen molar-refractivity contribution in [2.75, 3.05) is 39.4 Å². The molecule has 0 radical (unpaired) electrons. The summed E-state index contributed by atoms with van der Waals surface area (Å²) in [7, 11) is 0. The van der Waals surface area contributed by atoms with Crippen molar-refractivity contribution < 1.29 is 14.3 Å². The molecule has 3 aliphatic rings. The molecule has 1 saturated heterocycles. The third-order valence-corrected chi connectivity index (χ3v) is 8.32. The zero-order valence-electron chi connectivity index (χ0n) is 22.9. The van der Waals surface area contributed by atoms with Crippen LogP contribution in [0.25, 0.3) is 0 Å². The molecule has 1 aliphatic heterocycles. The number of aryl methyl sites for hydroxylation is 1. The lowest BCUT2D eigenvalue weighted by molar-refractivity contribution is -0.126. The van der Waals surface area contributed by atoms with Gasteiger partial charge in [0.15, 0.2) is 0 Å². The molecule has 1 aromatic rings. The van der Waals surface area contributed by atoms with Crippen LogP contribution < -0.4 is 16.2 Å². The van der Waals surface area contributed by atoms with Gasteiger partial charge in [-0.1, -0.05) is 32.1 Å². The third kappa shape index (κ3) is 7.44. The number of nitrogens with one attached hydrogen (secondary N) is 2. The second-order valence-corrected chi connectivity index (χ2v) is 11.7. The van der Waals surface area contributed by atoms with Crippen LogP contribution in [0, 0.1) is 5.92 Å². The lowest BCUT2D eigenvalue weighted by atomic mass is 9.88. The Labute approximate surface area is 221 Å². The summed E-state index contributed by atoms with van der Waals surface area (Å²) in [6.07, 6.45) is 12.3. The standard InChI is InChI=1S/C29H46N4O4/c1-29(2,28(36)30-14-15-32-16-18-37-19-17-32)31-26(34)24-20-23-12-8-3-4-9-13-25(23)33(27(24)35)21-22-10-6-5-7-11-22/h20,22H,3-19,21H2,1-2H3,(H,30,36)(H,31,34). The fraction of sp³-hybridized carbons (Fsp3) is 0.759. The minimum absolute atomic E-state index is 0.171. The SMILES string of the molecule is CC(C)(NC(=O)c1cc2c(n(CC3CCCCC3)c1=O)CCCCCC2)C(=O)NCCN1CCOCC1. The monoisotopic (exact) mass is 514 g/mol. The van der Waals surface area contributed by atoms with Gasteiger partial charge >= 0.3 is 0 Å². The average molecular weight is 515 g/mol. The lowest BCUT2D eigenvalue weighted by Gasteiger charge is -2.29. The van der Waals surface area contributed by atoms with Crippen LogP contribution in [-0.4, -0.2) is 66.2 Å². The van der Waals surface area contributed by atoms with Gasteiger partial charge in [0.1, 0.15) is 11.1 Å². The van der Waals surface area contributed by atoms with E-state index in [1.165, 1.54) is 32.1 Å². The fourth-order valence-electron chi connectivity index (χ4n) is 6.00. The van der Waals surface area contributed by atoms with E-state index in [4.69, 9.17) is 4.74 Å². The van der Waals surface area contributed by atoms with E-state index in [1.807, 2.05) is 10.6 Å². The Kier molecular flexibility index (Phi) is 9.82. The van der Waals surface area contributed by atoms with Crippen molar-refractivity contribution in [3.8, 4) is 0 Å². The van der Waals surface area contributed by atoms with Crippen molar-refractivity contribution in [3.63, 3.8) is 0 Å². The van der Waals surface area contributed by atoms with Crippen molar-refractivity contribution >= 4 is 11.8 Å². The van der Waals surface area contributed by atoms with Gasteiger partial charge in [-0.15, -0.1) is 0 Å². The van der Waals surface area contributed by atoms with Crippen LogP contribution in [0.1, 0.15) is 93.3 Å². The smallest absolute Gasteiger partial charge is 0.263 e. The quantitative estimate of drug-likeness (QED) is 0.556. The number of aromatic nitrogens is 1. The first kappa shape index (κ1) is 27.8. The number of rotatable bonds is 8. The minimum atomic E-state index is -1.13. The minimum Gasteiger partial charge on any atom is -0.379 e. The topological polar surface area (TPSA) is 92.7 Å². The molecule has 2 N–H and O–H groups in total. The maximum atomic E-state index is 13.7. The van der Waals surface area contributed by atoms with Crippen LogP contribution in [0.2, 0.25) is 0 Å². The Morgan fingerprint density at radius 1 is 1.00 bits per heavy atom. The zero-order valence-corrected chi connectivity index (χ0v) is 22.9. The van der Waals surface area contributed by atoms with Crippen molar-refractivity contribution in [2.45, 2.75) is 96.6 Å². The van der Waals surface area contributed by atoms with Gasteiger partial charge in [0.25, 0.3) is 11.5 Å². The third-order valence-electron chi connectivity index (χ3n) is 8.32. The predicted molar refractivity (Wildman–Crippen MR) is 145 cm³/mol. The van der Waals surface area contributed by atoms with Gasteiger partial charge in [-0.25, -0.2) is 0 Å². The summed E-state index contributed by atoms with van der Waals surface area (Å²) in [6.45, 7) is 8.51. The molecule has 4 rings (SSSR count). The molecule has 2 aliphatic carbocycles. The van der Waals surface area contributed by atoms with Gasteiger partial charge in [0, 0.05) is 38.4 Å². The molecule has 2 fully saturated rings. The Hall–Kier alpha value is -2.19. The maximum Gasteiger partial charge on any atom is 0.263 e. The number of hydrogen-bond donors (Lipinski definition) is 2. The highest BCUT2D eigenvalue weighted by atomic mass is 16.5. The Morgan fingerprint density at radius 2 is 1.68 bits per heavy atom. The van der Waals surface area contributed by atoms with Gasteiger partial charge in [0.05, 0.1) is 13.2 Å². The first-order chi connectivity index (χ1) is 17.8. The van der Waals surface area contributed by atoms with Gasteiger partial charge in [-0.05, 0) is 69.9 Å². The number of ether oxygens (including phenoxy) is 1. The number of pyridine rings is 1. The molecule has 1 aromatic heterocycles. The van der Waals surface area contributed by atoms with Crippen LogP contribution >= 0.6 is 0 Å². The Balaban J connectivity index is 1.49. The van der Waals surface area contributed by atoms with E-state index in [-0.39, 0.29) is 17.0 Å². The first-order valence-electron chi connectivity index (χ1n) is 14.5. The molecule has 8 heteroatoms. The highest BCUT2D eigenvalue weighted by Crippen LogP contribution is 2.27. The molecule has 0 aromatic carbocycles. The van der Waals surface area contributed by atoms with Crippen molar-refractivity contribution in [2.24, 2.45) is 5.92 Å². The summed E-state index contributed by atoms with van der Waals surface area (Å²) >= 11 is 0. The van der Waals surface area contributed by atoms with Gasteiger partial charge in [-0.3, -0.25) is 19.3 Å². The number of hydrogen-bond acceptors (Lipinski definition) is 5. The zero-order chi connectivity index (χ0) is 26.3. The van der Waals surface area contributed by atoms with E-state index in [0.717, 1.165) is 69.4 Å². The van der Waals surface area contributed by atoms with E-state index in [9.17, 15) is 14.4 Å². The highest BCUT2D eigenvalue weighted by molar-refractivity contribution is 5.98. The number of fused-ring (bicyclic) bond motifs is 1. The van der Waals surface area contributed by atoms with E-state index in [0.29, 0.717) is 32.2 Å². The van der Waals surface area contributed by atoms with Crippen molar-refractivity contribution in [1.82, 2.24) is 20.1 Å². The molecule has 2 amide bonds. The molecular formula is C29H46N4O4. The number of morpholine rings is 1. The van der Waals surface area contributed by atoms with Gasteiger partial charge in [-0.2, -0.15) is 0 Å². The highest BCUT2D eigenvalue weighted by Gasteiger charge is 2.32. The molecular weight excluding hydrogens is 468 g/mol. The number of nitrogens with zero attached hydrogens (tertiary/aromatic N) is 2. The summed E-state index contributed by atoms with van der Waals surface area (Å²) in [5.41, 5.74) is 1.10. The summed E-state index contributed by atoms with van der Waals surface area (Å²) in [4.78, 5) is 42.4. The second-order valence-electron chi connectivity index (χ2n) is 11.7. The van der Waals surface area contributed by atoms with E-state index >= 15 is 0 Å². The van der Waals surface area contributed by atoms with Gasteiger partial charge < -0.3 is 19.9 Å². The van der Waals surface area contributed by atoms with Crippen LogP contribution in [0.3, 0.4) is 0 Å². The molecule has 2 heterocycles. The molecule has 0 atom stereocenters. The number of amides is 2. The van der Waals surface area contributed by atoms with E-state index in [2.05, 4.69) is 15.5 Å². The van der Waals surface area contributed by atoms with Crippen LogP contribution in [0.5, 0.6) is 0 Å². The van der Waals surface area contributed by atoms with Crippen LogP contribution in [0.4, 0.5) is 0 Å². The van der Waals surface area contributed by atoms with Crippen molar-refractivity contribution in [1.29, 1.82) is 0 Å². The normalized spacial score (nSPS) is 19.9. The fourth-order valence-corrected chi connectivity index (χ4v) is 6.00. The van der Waals surface area contributed by atoms with E-state index in [1.54, 1.807) is 13.8 Å². The molecule has 0 spiro atoms. The summed E-state index contributed by atoms with van der Waals surface area (Å²) in [5.74, 6) is -0.212. The first-order valence-corrected chi connectivity index (χ1v) is 14.5. The molecule has 206 valence electrons. The Bertz CT molecular complexity index is 990.